The predicted octanol–water partition coefficient (Wildman–Crippen LogP) is 15.8. The standard InChI is InChI=1S/C41H51N5O6.C27H33N5O3.C25H28ClN3O3/c1-26(28-10-13-33(49-6)14-11-28)45-24-31(22-38(45)47)27(2)51-37-21-32(25-46-39(37)34(23-42-46)29-8-9-29)30-12-15-35(36(20-30)50-7)43-16-18-44(19-17-43)40(48)52-41(3,4)5;1-17(20-13-26(33)29-14-20)35-25-12-21(16-32-27(25)22(15-30-32)18-3-4-18)19-5-6-23(24(11-19)34-2)31-9-7-28-8-10-31;1-15(17-6-8-21(31-3)9-7-17)28-13-19(10-24(28)30)16(2)32-23-11-20(26)14-29-25(23)22(12-27-29)18-4-5-18/h10-15,20-21,23,25-27,29,31H,8-9,16-19,22,24H2,1-7H3;5-6,11-12,15-18,20,28H,3-4,7-10,13-14H2,1-2H3,(H,29,33);6-9,11-12,14-16,18-19H,4-5,10,13H2,1-3H3/t26-,27-,31-;17-,20-;15-,16-,19-/m111/s1. The summed E-state index contributed by atoms with van der Waals surface area (Å²) in [5.74, 6) is 7.92. The first kappa shape index (κ1) is 81.8. The number of nitrogens with one attached hydrogen (secondary N) is 2. The summed E-state index contributed by atoms with van der Waals surface area (Å²) in [4.78, 5) is 60.9. The number of methoxy groups -OCH3 is 4. The highest BCUT2D eigenvalue weighted by atomic mass is 35.5. The van der Waals surface area contributed by atoms with E-state index in [1.54, 1.807) is 33.3 Å². The number of anilines is 2. The highest BCUT2D eigenvalue weighted by molar-refractivity contribution is 6.30. The van der Waals surface area contributed by atoms with Gasteiger partial charge in [0.05, 0.1) is 75.5 Å². The maximum Gasteiger partial charge on any atom is 0.410 e. The van der Waals surface area contributed by atoms with Crippen molar-refractivity contribution in [3.63, 3.8) is 0 Å². The third kappa shape index (κ3) is 18.2. The summed E-state index contributed by atoms with van der Waals surface area (Å²) >= 11 is 6.34. The van der Waals surface area contributed by atoms with Gasteiger partial charge in [-0.2, -0.15) is 15.3 Å². The SMILES string of the molecule is COc1cc(-c2cc(O[C@H](C)[C@H]3CNC(=O)C3)c3c(C4CC4)cnn3c2)ccc1N1CCNCC1.COc1ccc([C@@H](C)N2C[C@H]([C@@H](C)Oc3cc(-c4ccc(N5CCN(C(=O)OC(C)(C)C)CC5)c(OC)c4)cn4ncc(C5CC5)c34)CC2=O)cc1.COc1ccc([C@@H](C)N2C[C@H]([C@@H](C)Oc3cc(Cl)cn4ncc(C5CC5)c34)CC2=O)cc1. The van der Waals surface area contributed by atoms with E-state index in [0.717, 1.165) is 141 Å². The van der Waals surface area contributed by atoms with Crippen LogP contribution in [0, 0.1) is 17.8 Å². The molecule has 6 aromatic heterocycles. The third-order valence-corrected chi connectivity index (χ3v) is 25.2. The van der Waals surface area contributed by atoms with Gasteiger partial charge >= 0.3 is 6.09 Å². The van der Waals surface area contributed by atoms with Crippen LogP contribution in [-0.2, 0) is 19.1 Å². The van der Waals surface area contributed by atoms with Gasteiger partial charge in [-0.1, -0.05) is 48.0 Å². The van der Waals surface area contributed by atoms with Crippen LogP contribution in [0.15, 0.2) is 140 Å². The third-order valence-electron chi connectivity index (χ3n) is 25.0. The Balaban J connectivity index is 0.000000138. The van der Waals surface area contributed by atoms with Crippen LogP contribution in [0.2, 0.25) is 5.02 Å². The molecule has 0 unspecified atom stereocenters. The van der Waals surface area contributed by atoms with E-state index in [4.69, 9.17) is 59.7 Å². The molecule has 4 aromatic carbocycles. The number of hydrogen-bond acceptors (Lipinski definition) is 18. The fourth-order valence-electron chi connectivity index (χ4n) is 17.4. The predicted molar refractivity (Wildman–Crippen MR) is 459 cm³/mol. The maximum absolute atomic E-state index is 13.3. The number of benzene rings is 4. The van der Waals surface area contributed by atoms with Crippen LogP contribution in [0.5, 0.6) is 40.2 Å². The number of piperazine rings is 2. The lowest BCUT2D eigenvalue weighted by molar-refractivity contribution is -0.130. The quantitative estimate of drug-likeness (QED) is 0.0572. The number of halogens is 1. The summed E-state index contributed by atoms with van der Waals surface area (Å²) in [6.45, 7) is 24.3. The molecular weight excluding hydrogens is 1530 g/mol. The molecular formula is C93H112ClN13O12. The Labute approximate surface area is 701 Å². The van der Waals surface area contributed by atoms with Gasteiger partial charge in [0.1, 0.15) is 80.7 Å². The minimum Gasteiger partial charge on any atom is -0.497 e. The molecule has 628 valence electrons. The van der Waals surface area contributed by atoms with Crippen molar-refractivity contribution in [1.29, 1.82) is 0 Å². The summed E-state index contributed by atoms with van der Waals surface area (Å²) in [5, 5.41) is 20.9. The Hall–Kier alpha value is -10.9. The molecule has 119 heavy (non-hydrogen) atoms. The zero-order valence-corrected chi connectivity index (χ0v) is 71.2. The van der Waals surface area contributed by atoms with Crippen LogP contribution >= 0.6 is 11.6 Å². The molecule has 8 aliphatic rings. The number of ether oxygens (including phenoxy) is 8. The number of likely N-dealkylation sites (tertiary alicyclic amines) is 2. The Morgan fingerprint density at radius 2 is 0.874 bits per heavy atom. The van der Waals surface area contributed by atoms with Crippen LogP contribution in [-0.4, -0.2) is 192 Å². The molecule has 3 saturated carbocycles. The molecule has 4 amide bonds. The van der Waals surface area contributed by atoms with Crippen LogP contribution in [0.4, 0.5) is 16.2 Å². The Morgan fingerprint density at radius 1 is 0.471 bits per heavy atom. The van der Waals surface area contributed by atoms with Crippen molar-refractivity contribution in [2.45, 2.75) is 167 Å². The van der Waals surface area contributed by atoms with Gasteiger partial charge in [0.15, 0.2) is 0 Å². The first-order valence-electron chi connectivity index (χ1n) is 42.4. The second-order valence-corrected chi connectivity index (χ2v) is 34.8. The molecule has 5 saturated heterocycles. The van der Waals surface area contributed by atoms with E-state index in [1.807, 2.05) is 130 Å². The Kier molecular flexibility index (Phi) is 23.9. The monoisotopic (exact) mass is 1640 g/mol. The maximum atomic E-state index is 13.3. The second kappa shape index (κ2) is 34.8. The number of aromatic nitrogens is 6. The van der Waals surface area contributed by atoms with Crippen molar-refractivity contribution >= 4 is 63.3 Å². The summed E-state index contributed by atoms with van der Waals surface area (Å²) in [7, 11) is 6.73. The molecule has 3 aliphatic carbocycles. The highest BCUT2D eigenvalue weighted by Gasteiger charge is 2.41. The number of amides is 4. The highest BCUT2D eigenvalue weighted by Crippen LogP contribution is 2.49. The van der Waals surface area contributed by atoms with Gasteiger partial charge in [-0.05, 0) is 195 Å². The van der Waals surface area contributed by atoms with Crippen LogP contribution < -0.4 is 53.6 Å². The van der Waals surface area contributed by atoms with Crippen LogP contribution in [0.25, 0.3) is 38.8 Å². The number of pyridine rings is 3. The molecule has 5 aliphatic heterocycles. The van der Waals surface area contributed by atoms with E-state index >= 15 is 0 Å². The molecule has 8 fully saturated rings. The van der Waals surface area contributed by atoms with Gasteiger partial charge in [-0.25, -0.2) is 18.3 Å². The number of hydrogen-bond donors (Lipinski definition) is 2. The van der Waals surface area contributed by atoms with E-state index in [9.17, 15) is 19.2 Å². The van der Waals surface area contributed by atoms with Crippen molar-refractivity contribution in [3.8, 4) is 62.5 Å². The lowest BCUT2D eigenvalue weighted by Gasteiger charge is -2.37. The number of carbonyl (C=O) groups is 4. The summed E-state index contributed by atoms with van der Waals surface area (Å²) in [6, 6.07) is 34.6. The number of nitrogens with zero attached hydrogens (tertiary/aromatic N) is 11. The van der Waals surface area contributed by atoms with Gasteiger partial charge in [-0.15, -0.1) is 0 Å². The first-order chi connectivity index (χ1) is 57.5. The molecule has 10 aromatic rings. The van der Waals surface area contributed by atoms with Crippen molar-refractivity contribution in [2.24, 2.45) is 17.8 Å². The van der Waals surface area contributed by atoms with E-state index < -0.39 is 5.60 Å². The number of fused-ring (bicyclic) bond motifs is 3. The molecule has 26 heteroatoms. The smallest absolute Gasteiger partial charge is 0.410 e. The van der Waals surface area contributed by atoms with Crippen molar-refractivity contribution in [3.05, 3.63) is 173 Å². The summed E-state index contributed by atoms with van der Waals surface area (Å²) in [5.41, 5.74) is 14.5. The first-order valence-corrected chi connectivity index (χ1v) is 42.7. The minimum absolute atomic E-state index is 0.000203. The number of carbonyl (C=O) groups excluding carboxylic acids is 4. The second-order valence-electron chi connectivity index (χ2n) is 34.3. The van der Waals surface area contributed by atoms with Gasteiger partial charge in [-0.3, -0.25) is 14.4 Å². The van der Waals surface area contributed by atoms with Crippen molar-refractivity contribution in [1.82, 2.24) is 54.2 Å². The van der Waals surface area contributed by atoms with E-state index in [1.165, 1.54) is 42.4 Å². The molecule has 18 rings (SSSR count). The van der Waals surface area contributed by atoms with Gasteiger partial charge in [0, 0.05) is 161 Å². The van der Waals surface area contributed by atoms with E-state index in [0.29, 0.717) is 87.9 Å². The topological polar surface area (TPSA) is 234 Å². The Morgan fingerprint density at radius 3 is 1.27 bits per heavy atom. The average molecular weight is 1640 g/mol. The average Bonchev–Trinajstić information content (AvgIpc) is 1.65. The Bertz CT molecular complexity index is 5330. The zero-order valence-electron chi connectivity index (χ0n) is 70.5. The van der Waals surface area contributed by atoms with Crippen LogP contribution in [0.1, 0.15) is 171 Å². The zero-order chi connectivity index (χ0) is 83.1. The normalized spacial score (nSPS) is 20.2. The number of rotatable bonds is 24. The fraction of sp³-hybridized carbons (Fsp3) is 0.473. The summed E-state index contributed by atoms with van der Waals surface area (Å²) in [6.07, 6.45) is 19.7. The molecule has 0 bridgehead atoms. The van der Waals surface area contributed by atoms with E-state index in [2.05, 4.69) is 114 Å². The lowest BCUT2D eigenvalue weighted by atomic mass is 10.0. The molecule has 11 heterocycles. The van der Waals surface area contributed by atoms with Crippen molar-refractivity contribution < 1.29 is 57.1 Å². The minimum atomic E-state index is -0.525. The largest absolute Gasteiger partial charge is 0.497 e. The van der Waals surface area contributed by atoms with Gasteiger partial charge < -0.3 is 73.0 Å². The van der Waals surface area contributed by atoms with E-state index in [-0.39, 0.29) is 72.0 Å². The van der Waals surface area contributed by atoms with Crippen molar-refractivity contribution in [2.75, 3.05) is 110 Å². The molecule has 8 atom stereocenters. The lowest BCUT2D eigenvalue weighted by Crippen LogP contribution is -2.50. The van der Waals surface area contributed by atoms with Gasteiger partial charge in [0.2, 0.25) is 17.7 Å². The summed E-state index contributed by atoms with van der Waals surface area (Å²) < 4.78 is 53.5. The molecule has 0 spiro atoms. The molecule has 0 radical (unpaired) electrons. The molecule has 2 N–H and O–H groups in total. The van der Waals surface area contributed by atoms with Gasteiger partial charge in [0.25, 0.3) is 0 Å². The van der Waals surface area contributed by atoms with Crippen LogP contribution in [0.3, 0.4) is 0 Å². The molecule has 25 nitrogen and oxygen atoms in total. The fourth-order valence-corrected chi connectivity index (χ4v) is 17.6.